The Morgan fingerprint density at radius 3 is 2.25 bits per heavy atom. The smallest absolute Gasteiger partial charge is 0.317 e. The topological polar surface area (TPSA) is 332 Å². The number of amides is 8. The Morgan fingerprint density at radius 1 is 0.857 bits per heavy atom. The Morgan fingerprint density at radius 2 is 1.55 bits per heavy atom. The summed E-state index contributed by atoms with van der Waals surface area (Å²) >= 11 is 0. The summed E-state index contributed by atoms with van der Waals surface area (Å²) in [5.74, 6) is -9.06. The van der Waals surface area contributed by atoms with Crippen LogP contribution in [-0.2, 0) is 83.4 Å². The van der Waals surface area contributed by atoms with Crippen molar-refractivity contribution in [1.82, 2.24) is 51.7 Å². The van der Waals surface area contributed by atoms with Gasteiger partial charge in [-0.05, 0) is 67.0 Å². The molecule has 0 saturated carbocycles. The number of halogens is 1. The molecular weight excluding hydrogens is 1010 g/mol. The minimum Gasteiger partial charge on any atom is -0.480 e. The lowest BCUT2D eigenvalue weighted by atomic mass is 9.81. The molecule has 2 aromatic heterocycles. The second kappa shape index (κ2) is 23.5. The van der Waals surface area contributed by atoms with Crippen molar-refractivity contribution in [2.45, 2.75) is 89.8 Å². The van der Waals surface area contributed by atoms with E-state index in [1.54, 1.807) is 47.9 Å². The highest BCUT2D eigenvalue weighted by atomic mass is 19.1. The number of hydrogen-bond donors (Lipinski definition) is 8. The van der Waals surface area contributed by atoms with Crippen molar-refractivity contribution in [3.63, 3.8) is 0 Å². The number of carbonyl (C=O) groups excluding carboxylic acids is 9. The molecule has 0 radical (unpaired) electrons. The number of rotatable bonds is 22. The van der Waals surface area contributed by atoms with Crippen LogP contribution < -0.4 is 42.8 Å². The lowest BCUT2D eigenvalue weighted by Crippen LogP contribution is -2.56. The largest absolute Gasteiger partial charge is 0.480 e. The van der Waals surface area contributed by atoms with Gasteiger partial charge in [-0.15, -0.1) is 0 Å². The number of carboxylic acids is 1. The molecular formula is C52H55FN10O14. The number of imide groups is 1. The van der Waals surface area contributed by atoms with E-state index >= 15 is 4.39 Å². The van der Waals surface area contributed by atoms with Gasteiger partial charge in [0.15, 0.2) is 0 Å². The number of aliphatic carboxylic acids is 1. The zero-order chi connectivity index (χ0) is 55.2. The summed E-state index contributed by atoms with van der Waals surface area (Å²) in [7, 11) is 0. The number of aromatic nitrogens is 2. The average Bonchev–Trinajstić information content (AvgIpc) is 4.06. The number of ether oxygens (including phenoxy) is 2. The molecule has 8 N–H and O–H groups in total. The van der Waals surface area contributed by atoms with Gasteiger partial charge < -0.3 is 56.4 Å². The maximum absolute atomic E-state index is 15.4. The fourth-order valence-corrected chi connectivity index (χ4v) is 9.85. The molecule has 5 heterocycles. The van der Waals surface area contributed by atoms with Crippen molar-refractivity contribution < 1.29 is 66.9 Å². The molecule has 3 aliphatic heterocycles. The monoisotopic (exact) mass is 1060 g/mol. The molecule has 0 fully saturated rings. The van der Waals surface area contributed by atoms with Crippen LogP contribution in [0, 0.1) is 12.7 Å². The minimum absolute atomic E-state index is 0.0267. The van der Waals surface area contributed by atoms with E-state index in [9.17, 15) is 52.7 Å². The van der Waals surface area contributed by atoms with Crippen LogP contribution in [0.15, 0.2) is 59.4 Å². The Labute approximate surface area is 437 Å². The molecule has 0 unspecified atom stereocenters. The molecule has 0 spiro atoms. The van der Waals surface area contributed by atoms with Crippen LogP contribution in [0.3, 0.4) is 0 Å². The Hall–Kier alpha value is -8.71. The number of pyridine rings is 2. The van der Waals surface area contributed by atoms with Crippen molar-refractivity contribution in [2.75, 3.05) is 39.5 Å². The fraction of sp³-hybridized carbons (Fsp3) is 0.385. The highest BCUT2D eigenvalue weighted by molar-refractivity contribution is 6.15. The van der Waals surface area contributed by atoms with Gasteiger partial charge in [0.05, 0.1) is 67.2 Å². The summed E-state index contributed by atoms with van der Waals surface area (Å²) in [6.07, 6.45) is 1.94. The van der Waals surface area contributed by atoms with Gasteiger partial charge in [0.1, 0.15) is 37.3 Å². The zero-order valence-electron chi connectivity index (χ0n) is 42.0. The van der Waals surface area contributed by atoms with Crippen LogP contribution in [0.25, 0.3) is 22.3 Å². The summed E-state index contributed by atoms with van der Waals surface area (Å²) in [4.78, 5) is 146. The third kappa shape index (κ3) is 11.9. The number of cyclic esters (lactones) is 1. The molecule has 8 rings (SSSR count). The van der Waals surface area contributed by atoms with Crippen molar-refractivity contribution in [1.29, 1.82) is 0 Å². The molecule has 4 aliphatic rings. The number of hydrogen-bond acceptors (Lipinski definition) is 15. The lowest BCUT2D eigenvalue weighted by Gasteiger charge is -2.30. The Balaban J connectivity index is 0.842. The first-order valence-electron chi connectivity index (χ1n) is 24.7. The Kier molecular flexibility index (Phi) is 16.6. The van der Waals surface area contributed by atoms with E-state index in [0.717, 1.165) is 17.7 Å². The third-order valence-electron chi connectivity index (χ3n) is 13.8. The Bertz CT molecular complexity index is 3200. The highest BCUT2D eigenvalue weighted by Crippen LogP contribution is 2.45. The van der Waals surface area contributed by atoms with Gasteiger partial charge in [-0.2, -0.15) is 0 Å². The van der Waals surface area contributed by atoms with Crippen molar-refractivity contribution in [3.05, 3.63) is 110 Å². The quantitative estimate of drug-likeness (QED) is 0.0235. The zero-order valence-corrected chi connectivity index (χ0v) is 42.0. The number of nitrogens with one attached hydrogen (secondary N) is 7. The van der Waals surface area contributed by atoms with E-state index in [1.807, 2.05) is 6.92 Å². The number of carboxylic acid groups (broad SMARTS) is 1. The average molecular weight is 1060 g/mol. The number of nitrogens with zero attached hydrogens (tertiary/aromatic N) is 3. The number of esters is 1. The summed E-state index contributed by atoms with van der Waals surface area (Å²) in [5, 5.41) is 27.1. The number of aryl methyl sites for hydroxylation is 1. The maximum atomic E-state index is 15.4. The number of benzene rings is 2. The summed E-state index contributed by atoms with van der Waals surface area (Å²) in [6.45, 7) is 1.55. The summed E-state index contributed by atoms with van der Waals surface area (Å²) in [5.41, 5.74) is 5.13. The van der Waals surface area contributed by atoms with Crippen molar-refractivity contribution in [2.24, 2.45) is 0 Å². The molecule has 25 heteroatoms. The molecule has 8 amide bonds. The van der Waals surface area contributed by atoms with E-state index < -0.39 is 135 Å². The van der Waals surface area contributed by atoms with Crippen LogP contribution in [0.2, 0.25) is 0 Å². The van der Waals surface area contributed by atoms with Gasteiger partial charge in [0.25, 0.3) is 17.4 Å². The lowest BCUT2D eigenvalue weighted by molar-refractivity contribution is -0.148. The molecule has 4 aromatic rings. The van der Waals surface area contributed by atoms with E-state index in [0.29, 0.717) is 79.8 Å². The SMILES string of the molecule is CC[C@H]1C(=O)OCc2c1cc1n(c2=O)Cc2c-1nc1cc(F)c(C)c3c1c2[C@H](NC(=O)[C@H](C)OCNC(=O)CNC(=O)[C@H](Cc1ccccc1)NC(=O)CNC(=O)CNC(=O)[C@H](CNCC(=O)O)N1C(=O)C=CC1=O)CC3. The van der Waals surface area contributed by atoms with E-state index in [4.69, 9.17) is 19.6 Å². The van der Waals surface area contributed by atoms with Gasteiger partial charge >= 0.3 is 11.9 Å². The van der Waals surface area contributed by atoms with Gasteiger partial charge in [-0.1, -0.05) is 37.3 Å². The predicted molar refractivity (Wildman–Crippen MR) is 267 cm³/mol. The summed E-state index contributed by atoms with van der Waals surface area (Å²) in [6, 6.07) is 8.36. The molecule has 2 aromatic carbocycles. The van der Waals surface area contributed by atoms with Crippen LogP contribution >= 0.6 is 0 Å². The van der Waals surface area contributed by atoms with E-state index in [2.05, 4.69) is 37.2 Å². The van der Waals surface area contributed by atoms with Gasteiger partial charge in [0, 0.05) is 42.1 Å². The summed E-state index contributed by atoms with van der Waals surface area (Å²) < 4.78 is 28.0. The molecule has 0 saturated heterocycles. The van der Waals surface area contributed by atoms with E-state index in [-0.39, 0.29) is 25.1 Å². The molecule has 0 bridgehead atoms. The number of carbonyl (C=O) groups is 10. The van der Waals surface area contributed by atoms with Crippen LogP contribution in [0.5, 0.6) is 0 Å². The first-order chi connectivity index (χ1) is 36.8. The molecule has 1 aliphatic carbocycles. The van der Waals surface area contributed by atoms with Crippen LogP contribution in [0.4, 0.5) is 4.39 Å². The standard InChI is InChI=1S/C52H55FN10O14/c1-4-28-30-15-37-47-31(22-62(37)51(74)32(30)23-76-52(28)75)46-34(11-10-29-25(2)33(53)16-35(60-47)45(29)46)61-48(71)26(3)77-24-58-40(65)19-56-49(72)36(14-27-8-6-5-7-9-27)59-41(66)20-55-39(64)18-57-50(73)38(17-54-21-44(69)70)63-42(67)12-13-43(63)68/h5-9,12-13,15-16,26,28,34,36,38,54H,4,10-11,14,17-24H2,1-3H3,(H,55,64)(H,56,72)(H,57,73)(H,58,65)(H,59,66)(H,61,71)(H,69,70)/t26-,28+,34+,36-,38-/m0/s1. The number of fused-ring (bicyclic) bond motifs is 5. The molecule has 5 atom stereocenters. The van der Waals surface area contributed by atoms with Crippen LogP contribution in [-0.4, -0.2) is 136 Å². The highest BCUT2D eigenvalue weighted by Gasteiger charge is 2.39. The third-order valence-corrected chi connectivity index (χ3v) is 13.8. The minimum atomic E-state index is -1.50. The second-order valence-electron chi connectivity index (χ2n) is 18.7. The second-order valence-corrected chi connectivity index (χ2v) is 18.7. The normalized spacial score (nSPS) is 17.0. The first-order valence-corrected chi connectivity index (χ1v) is 24.7. The fourth-order valence-electron chi connectivity index (χ4n) is 9.85. The van der Waals surface area contributed by atoms with Gasteiger partial charge in [-0.3, -0.25) is 57.6 Å². The van der Waals surface area contributed by atoms with Gasteiger partial charge in [-0.25, -0.2) is 9.37 Å². The molecule has 77 heavy (non-hydrogen) atoms. The van der Waals surface area contributed by atoms with Crippen LogP contribution in [0.1, 0.15) is 77.6 Å². The first kappa shape index (κ1) is 54.5. The maximum Gasteiger partial charge on any atom is 0.317 e. The molecule has 24 nitrogen and oxygen atoms in total. The predicted octanol–water partition coefficient (Wildman–Crippen LogP) is -0.951. The van der Waals surface area contributed by atoms with E-state index in [1.165, 1.54) is 13.0 Å². The van der Waals surface area contributed by atoms with Gasteiger partial charge in [0.2, 0.25) is 35.4 Å². The van der Waals surface area contributed by atoms with Crippen molar-refractivity contribution in [3.8, 4) is 11.4 Å². The molecule has 404 valence electrons. The van der Waals surface area contributed by atoms with Crippen molar-refractivity contribution >= 4 is 70.1 Å².